The van der Waals surface area contributed by atoms with E-state index in [2.05, 4.69) is 4.98 Å². The molecule has 17 heavy (non-hydrogen) atoms. The lowest BCUT2D eigenvalue weighted by molar-refractivity contribution is -0.141. The first-order valence-corrected chi connectivity index (χ1v) is 5.72. The van der Waals surface area contributed by atoms with E-state index in [1.165, 1.54) is 0 Å². The van der Waals surface area contributed by atoms with Gasteiger partial charge in [0.15, 0.2) is 0 Å². The number of carboxylic acid groups (broad SMARTS) is 1. The Balaban J connectivity index is 2.48. The Morgan fingerprint density at radius 3 is 2.94 bits per heavy atom. The summed E-state index contributed by atoms with van der Waals surface area (Å²) in [6.07, 6.45) is 2.15. The minimum absolute atomic E-state index is 0.429. The zero-order valence-corrected chi connectivity index (χ0v) is 10.1. The fourth-order valence-electron chi connectivity index (χ4n) is 1.78. The lowest BCUT2D eigenvalue weighted by Gasteiger charge is -2.09. The van der Waals surface area contributed by atoms with Crippen LogP contribution in [0.2, 0.25) is 5.02 Å². The Morgan fingerprint density at radius 2 is 2.24 bits per heavy atom. The Hall–Kier alpha value is -1.61. The molecule has 0 radical (unpaired) electrons. The molecule has 0 aliphatic rings. The van der Waals surface area contributed by atoms with Crippen LogP contribution in [0.5, 0.6) is 0 Å². The van der Waals surface area contributed by atoms with E-state index >= 15 is 0 Å². The molecule has 4 heteroatoms. The highest BCUT2D eigenvalue weighted by molar-refractivity contribution is 6.35. The van der Waals surface area contributed by atoms with Crippen LogP contribution in [-0.4, -0.2) is 16.1 Å². The first-order valence-electron chi connectivity index (χ1n) is 5.34. The fraction of sp³-hybridized carbons (Fsp3) is 0.231. The van der Waals surface area contributed by atoms with Gasteiger partial charge in [-0.2, -0.15) is 0 Å². The monoisotopic (exact) mass is 249 g/mol. The van der Waals surface area contributed by atoms with Crippen LogP contribution in [0.1, 0.15) is 12.5 Å². The van der Waals surface area contributed by atoms with E-state index in [9.17, 15) is 4.79 Å². The van der Waals surface area contributed by atoms with Crippen LogP contribution in [0.15, 0.2) is 30.5 Å². The van der Waals surface area contributed by atoms with Crippen molar-refractivity contribution in [3.8, 4) is 0 Å². The number of aromatic nitrogens is 1. The van der Waals surface area contributed by atoms with Gasteiger partial charge in [0.05, 0.1) is 11.4 Å². The summed E-state index contributed by atoms with van der Waals surface area (Å²) in [5.41, 5.74) is 1.70. The first kappa shape index (κ1) is 11.9. The number of halogens is 1. The van der Waals surface area contributed by atoms with Crippen LogP contribution in [0.4, 0.5) is 0 Å². The molecule has 2 aromatic rings. The van der Waals surface area contributed by atoms with E-state index in [0.29, 0.717) is 11.4 Å². The molecular weight excluding hydrogens is 238 g/mol. The maximum Gasteiger partial charge on any atom is 0.306 e. The Labute approximate surface area is 104 Å². The van der Waals surface area contributed by atoms with Gasteiger partial charge in [0.1, 0.15) is 0 Å². The number of pyridine rings is 1. The number of carbonyl (C=O) groups is 1. The average molecular weight is 250 g/mol. The van der Waals surface area contributed by atoms with Gasteiger partial charge in [-0.1, -0.05) is 24.6 Å². The zero-order chi connectivity index (χ0) is 12.4. The molecule has 2 rings (SSSR count). The average Bonchev–Trinajstić information content (AvgIpc) is 2.33. The van der Waals surface area contributed by atoms with Crippen molar-refractivity contribution in [1.82, 2.24) is 4.98 Å². The van der Waals surface area contributed by atoms with Gasteiger partial charge in [0.2, 0.25) is 0 Å². The number of fused-ring (bicyclic) bond motifs is 1. The van der Waals surface area contributed by atoms with Gasteiger partial charge >= 0.3 is 5.97 Å². The molecule has 1 heterocycles. The van der Waals surface area contributed by atoms with Crippen molar-refractivity contribution in [1.29, 1.82) is 0 Å². The third-order valence-electron chi connectivity index (χ3n) is 2.75. The fourth-order valence-corrected chi connectivity index (χ4v) is 1.99. The molecule has 1 atom stereocenters. The number of nitrogens with zero attached hydrogens (tertiary/aromatic N) is 1. The van der Waals surface area contributed by atoms with E-state index in [4.69, 9.17) is 16.7 Å². The molecule has 0 saturated carbocycles. The second-order valence-corrected chi connectivity index (χ2v) is 4.46. The Kier molecular flexibility index (Phi) is 3.29. The van der Waals surface area contributed by atoms with Crippen molar-refractivity contribution in [3.05, 3.63) is 41.0 Å². The maximum absolute atomic E-state index is 10.9. The van der Waals surface area contributed by atoms with Crippen LogP contribution < -0.4 is 0 Å². The van der Waals surface area contributed by atoms with Gasteiger partial charge in [0.25, 0.3) is 0 Å². The third-order valence-corrected chi connectivity index (χ3v) is 3.08. The van der Waals surface area contributed by atoms with Gasteiger partial charge in [-0.25, -0.2) is 0 Å². The number of carboxylic acids is 1. The van der Waals surface area contributed by atoms with Gasteiger partial charge in [-0.05, 0) is 30.2 Å². The lowest BCUT2D eigenvalue weighted by Crippen LogP contribution is -2.12. The molecular formula is C13H12ClNO2. The highest BCUT2D eigenvalue weighted by Gasteiger charge is 2.14. The van der Waals surface area contributed by atoms with Gasteiger partial charge < -0.3 is 5.11 Å². The summed E-state index contributed by atoms with van der Waals surface area (Å²) < 4.78 is 0. The number of hydrogen-bond acceptors (Lipinski definition) is 2. The van der Waals surface area contributed by atoms with Gasteiger partial charge in [-0.3, -0.25) is 9.78 Å². The minimum atomic E-state index is -0.802. The second kappa shape index (κ2) is 4.72. The quantitative estimate of drug-likeness (QED) is 0.909. The molecule has 3 nitrogen and oxygen atoms in total. The van der Waals surface area contributed by atoms with Gasteiger partial charge in [0, 0.05) is 16.6 Å². The van der Waals surface area contributed by atoms with Crippen molar-refractivity contribution in [2.24, 2.45) is 5.92 Å². The minimum Gasteiger partial charge on any atom is -0.481 e. The predicted molar refractivity (Wildman–Crippen MR) is 67.3 cm³/mol. The van der Waals surface area contributed by atoms with Crippen LogP contribution >= 0.6 is 11.6 Å². The molecule has 0 aliphatic carbocycles. The van der Waals surface area contributed by atoms with Crippen molar-refractivity contribution in [3.63, 3.8) is 0 Å². The zero-order valence-electron chi connectivity index (χ0n) is 9.35. The summed E-state index contributed by atoms with van der Waals surface area (Å²) in [4.78, 5) is 15.1. The summed E-state index contributed by atoms with van der Waals surface area (Å²) >= 11 is 6.07. The number of benzene rings is 1. The summed E-state index contributed by atoms with van der Waals surface area (Å²) in [5.74, 6) is -1.23. The second-order valence-electron chi connectivity index (χ2n) is 4.05. The normalized spacial score (nSPS) is 12.6. The summed E-state index contributed by atoms with van der Waals surface area (Å²) in [6, 6.07) is 7.34. The molecule has 0 bridgehead atoms. The topological polar surface area (TPSA) is 50.2 Å². The predicted octanol–water partition coefficient (Wildman–Crippen LogP) is 3.15. The number of hydrogen-bond donors (Lipinski definition) is 1. The lowest BCUT2D eigenvalue weighted by atomic mass is 9.99. The van der Waals surface area contributed by atoms with E-state index in [1.807, 2.05) is 18.2 Å². The SMILES string of the molecule is CC(Cc1ccc(Cl)c2cccnc12)C(=O)O. The van der Waals surface area contributed by atoms with Crippen molar-refractivity contribution >= 4 is 28.5 Å². The highest BCUT2D eigenvalue weighted by Crippen LogP contribution is 2.26. The summed E-state index contributed by atoms with van der Waals surface area (Å²) in [5, 5.41) is 10.4. The van der Waals surface area contributed by atoms with Crippen molar-refractivity contribution in [2.75, 3.05) is 0 Å². The Bertz CT molecular complexity index is 568. The van der Waals surface area contributed by atoms with Gasteiger partial charge in [-0.15, -0.1) is 0 Å². The number of aliphatic carboxylic acids is 1. The smallest absolute Gasteiger partial charge is 0.306 e. The maximum atomic E-state index is 10.9. The van der Waals surface area contributed by atoms with E-state index in [0.717, 1.165) is 16.5 Å². The van der Waals surface area contributed by atoms with E-state index in [1.54, 1.807) is 19.2 Å². The van der Waals surface area contributed by atoms with Crippen LogP contribution in [0, 0.1) is 5.92 Å². The molecule has 1 N–H and O–H groups in total. The highest BCUT2D eigenvalue weighted by atomic mass is 35.5. The van der Waals surface area contributed by atoms with E-state index < -0.39 is 11.9 Å². The van der Waals surface area contributed by atoms with E-state index in [-0.39, 0.29) is 0 Å². The first-order chi connectivity index (χ1) is 8.09. The molecule has 0 spiro atoms. The summed E-state index contributed by atoms with van der Waals surface area (Å²) in [7, 11) is 0. The molecule has 1 aromatic carbocycles. The van der Waals surface area contributed by atoms with Crippen LogP contribution in [-0.2, 0) is 11.2 Å². The van der Waals surface area contributed by atoms with Crippen molar-refractivity contribution in [2.45, 2.75) is 13.3 Å². The van der Waals surface area contributed by atoms with Crippen molar-refractivity contribution < 1.29 is 9.90 Å². The Morgan fingerprint density at radius 1 is 1.47 bits per heavy atom. The molecule has 0 saturated heterocycles. The molecule has 0 fully saturated rings. The molecule has 1 unspecified atom stereocenters. The number of rotatable bonds is 3. The standard InChI is InChI=1S/C13H12ClNO2/c1-8(13(16)17)7-9-4-5-11(14)10-3-2-6-15-12(9)10/h2-6,8H,7H2,1H3,(H,16,17). The molecule has 1 aromatic heterocycles. The third kappa shape index (κ3) is 2.39. The molecule has 88 valence electrons. The largest absolute Gasteiger partial charge is 0.481 e. The molecule has 0 aliphatic heterocycles. The summed E-state index contributed by atoms with van der Waals surface area (Å²) in [6.45, 7) is 1.69. The molecule has 0 amide bonds. The van der Waals surface area contributed by atoms with Crippen LogP contribution in [0.3, 0.4) is 0 Å². The van der Waals surface area contributed by atoms with Crippen LogP contribution in [0.25, 0.3) is 10.9 Å².